The van der Waals surface area contributed by atoms with E-state index in [1.54, 1.807) is 6.92 Å². The number of rotatable bonds is 7. The van der Waals surface area contributed by atoms with E-state index in [9.17, 15) is 9.59 Å². The number of hydrogen-bond donors (Lipinski definition) is 1. The summed E-state index contributed by atoms with van der Waals surface area (Å²) in [6.45, 7) is 4.26. The van der Waals surface area contributed by atoms with Crippen LogP contribution in [-0.4, -0.2) is 12.1 Å². The van der Waals surface area contributed by atoms with Crippen LogP contribution < -0.4 is 34.9 Å². The molecule has 112 valence electrons. The van der Waals surface area contributed by atoms with E-state index in [1.165, 1.54) is 0 Å². The maximum atomic E-state index is 11.7. The van der Waals surface area contributed by atoms with Crippen molar-refractivity contribution in [2.45, 2.75) is 46.1 Å². The van der Waals surface area contributed by atoms with Gasteiger partial charge >= 0.3 is 41.6 Å². The van der Waals surface area contributed by atoms with Gasteiger partial charge in [-0.05, 0) is 12.0 Å². The normalized spacial score (nSPS) is 11.1. The largest absolute Gasteiger partial charge is 1.00 e. The molecule has 0 saturated carbocycles. The van der Waals surface area contributed by atoms with E-state index in [1.807, 2.05) is 30.3 Å². The van der Waals surface area contributed by atoms with Crippen molar-refractivity contribution in [2.24, 2.45) is 5.92 Å². The van der Waals surface area contributed by atoms with Crippen molar-refractivity contribution in [3.8, 4) is 0 Å². The van der Waals surface area contributed by atoms with Crippen LogP contribution in [0.15, 0.2) is 30.3 Å². The number of benzene rings is 1. The second-order valence-electron chi connectivity index (χ2n) is 4.94. The second kappa shape index (κ2) is 11.8. The van der Waals surface area contributed by atoms with Crippen LogP contribution in [-0.2, 0) is 16.1 Å². The maximum absolute atomic E-state index is 11.7. The molecule has 0 radical (unpaired) electrons. The maximum Gasteiger partial charge on any atom is 1.00 e. The van der Waals surface area contributed by atoms with Gasteiger partial charge in [-0.15, -0.1) is 0 Å². The van der Waals surface area contributed by atoms with Crippen LogP contribution in [0, 0.1) is 5.92 Å². The van der Waals surface area contributed by atoms with Gasteiger partial charge < -0.3 is 11.5 Å². The monoisotopic (exact) mass is 301 g/mol. The molecule has 5 heteroatoms. The summed E-state index contributed by atoms with van der Waals surface area (Å²) in [5.74, 6) is -0.685. The van der Waals surface area contributed by atoms with E-state index in [2.05, 4.69) is 12.2 Å². The Morgan fingerprint density at radius 1 is 1.24 bits per heavy atom. The zero-order chi connectivity index (χ0) is 14.8. The molecule has 0 spiro atoms. The molecular formula is C16H24NNaO3. The summed E-state index contributed by atoms with van der Waals surface area (Å²) in [6, 6.07) is 9.49. The van der Waals surface area contributed by atoms with Crippen molar-refractivity contribution in [3.05, 3.63) is 35.9 Å². The predicted molar refractivity (Wildman–Crippen MR) is 79.2 cm³/mol. The Morgan fingerprint density at radius 2 is 1.90 bits per heavy atom. The summed E-state index contributed by atoms with van der Waals surface area (Å²) in [5, 5.41) is 2.57. The number of hydrogen-bond acceptors (Lipinski definition) is 3. The minimum absolute atomic E-state index is 0. The molecule has 1 N–H and O–H groups in total. The van der Waals surface area contributed by atoms with Crippen molar-refractivity contribution >= 4 is 12.1 Å². The van der Waals surface area contributed by atoms with E-state index in [4.69, 9.17) is 4.74 Å². The fourth-order valence-electron chi connectivity index (χ4n) is 1.82. The number of carbonyl (C=O) groups excluding carboxylic acids is 2. The fourth-order valence-corrected chi connectivity index (χ4v) is 1.82. The van der Waals surface area contributed by atoms with Gasteiger partial charge in [0.1, 0.15) is 0 Å². The molecule has 0 heterocycles. The van der Waals surface area contributed by atoms with Gasteiger partial charge in [-0.25, -0.2) is 4.79 Å². The summed E-state index contributed by atoms with van der Waals surface area (Å²) >= 11 is 0. The molecule has 0 aliphatic rings. The number of nitrogens with one attached hydrogen (secondary N) is 1. The molecule has 21 heavy (non-hydrogen) atoms. The smallest absolute Gasteiger partial charge is 1.00 e. The first-order valence-corrected chi connectivity index (χ1v) is 7.17. The fraction of sp³-hybridized carbons (Fsp3) is 0.500. The molecule has 0 aliphatic heterocycles. The molecule has 0 fully saturated rings. The van der Waals surface area contributed by atoms with Crippen LogP contribution in [0.3, 0.4) is 0 Å². The van der Waals surface area contributed by atoms with Crippen molar-refractivity contribution in [3.63, 3.8) is 0 Å². The minimum Gasteiger partial charge on any atom is -1.00 e. The first-order valence-electron chi connectivity index (χ1n) is 7.17. The summed E-state index contributed by atoms with van der Waals surface area (Å²) in [5.41, 5.74) is 0.966. The number of ether oxygens (including phenoxy) is 1. The van der Waals surface area contributed by atoms with E-state index >= 15 is 0 Å². The number of carbonyl (C=O) groups is 2. The molecule has 1 rings (SSSR count). The SMILES string of the molecule is CCCCCC(C)C(=O)OC(=O)NCc1ccccc1.[H-].[Na+]. The second-order valence-corrected chi connectivity index (χ2v) is 4.94. The molecule has 4 nitrogen and oxygen atoms in total. The van der Waals surface area contributed by atoms with Crippen molar-refractivity contribution in [1.29, 1.82) is 0 Å². The molecule has 0 saturated heterocycles. The van der Waals surface area contributed by atoms with Crippen LogP contribution in [0.4, 0.5) is 4.79 Å². The third kappa shape index (κ3) is 8.91. The van der Waals surface area contributed by atoms with Crippen LogP contribution in [0.25, 0.3) is 0 Å². The van der Waals surface area contributed by atoms with E-state index in [-0.39, 0.29) is 36.9 Å². The van der Waals surface area contributed by atoms with Crippen LogP contribution in [0.5, 0.6) is 0 Å². The predicted octanol–water partition coefficient (Wildman–Crippen LogP) is 0.772. The number of alkyl carbamates (subject to hydrolysis) is 1. The van der Waals surface area contributed by atoms with E-state index in [0.717, 1.165) is 31.2 Å². The van der Waals surface area contributed by atoms with Gasteiger partial charge in [0.25, 0.3) is 0 Å². The average Bonchev–Trinajstić information content (AvgIpc) is 2.46. The Bertz CT molecular complexity index is 429. The Hall–Kier alpha value is -0.840. The molecular weight excluding hydrogens is 277 g/mol. The summed E-state index contributed by atoms with van der Waals surface area (Å²) in [7, 11) is 0. The zero-order valence-electron chi connectivity index (χ0n) is 14.2. The molecule has 1 aromatic rings. The van der Waals surface area contributed by atoms with Crippen LogP contribution >= 0.6 is 0 Å². The van der Waals surface area contributed by atoms with Gasteiger partial charge in [-0.3, -0.25) is 4.79 Å². The third-order valence-corrected chi connectivity index (χ3v) is 3.12. The zero-order valence-corrected chi connectivity index (χ0v) is 15.2. The van der Waals surface area contributed by atoms with Gasteiger partial charge in [0, 0.05) is 6.54 Å². The molecule has 1 amide bonds. The molecule has 1 atom stereocenters. The summed E-state index contributed by atoms with van der Waals surface area (Å²) < 4.78 is 4.78. The number of unbranched alkanes of at least 4 members (excludes halogenated alkanes) is 2. The third-order valence-electron chi connectivity index (χ3n) is 3.12. The summed E-state index contributed by atoms with van der Waals surface area (Å²) in [6.07, 6.45) is 3.27. The molecule has 1 unspecified atom stereocenters. The average molecular weight is 301 g/mol. The van der Waals surface area contributed by atoms with Gasteiger partial charge in [0.15, 0.2) is 0 Å². The van der Waals surface area contributed by atoms with E-state index in [0.29, 0.717) is 6.54 Å². The van der Waals surface area contributed by atoms with Gasteiger partial charge in [-0.2, -0.15) is 0 Å². The molecule has 1 aromatic carbocycles. The molecule has 0 bridgehead atoms. The summed E-state index contributed by atoms with van der Waals surface area (Å²) in [4.78, 5) is 23.2. The van der Waals surface area contributed by atoms with Gasteiger partial charge in [0.2, 0.25) is 0 Å². The van der Waals surface area contributed by atoms with Crippen LogP contribution in [0.2, 0.25) is 0 Å². The molecule has 0 aromatic heterocycles. The number of amides is 1. The van der Waals surface area contributed by atoms with Crippen molar-refractivity contribution in [2.75, 3.05) is 0 Å². The first-order chi connectivity index (χ1) is 9.63. The van der Waals surface area contributed by atoms with Crippen molar-refractivity contribution < 1.29 is 45.3 Å². The quantitative estimate of drug-likeness (QED) is 0.350. The Morgan fingerprint density at radius 3 is 2.52 bits per heavy atom. The minimum atomic E-state index is -0.679. The van der Waals surface area contributed by atoms with E-state index < -0.39 is 12.1 Å². The first kappa shape index (κ1) is 20.2. The Balaban J connectivity index is 0. The van der Waals surface area contributed by atoms with Gasteiger partial charge in [0.05, 0.1) is 5.92 Å². The molecule has 0 aliphatic carbocycles. The standard InChI is InChI=1S/C16H23NO3.Na.H/c1-3-4-6-9-13(2)15(18)20-16(19)17-12-14-10-7-5-8-11-14;;/h5,7-8,10-11,13H,3-4,6,9,12H2,1-2H3,(H,17,19);;/q;+1;-1. The van der Waals surface area contributed by atoms with Crippen molar-refractivity contribution in [1.82, 2.24) is 5.32 Å². The van der Waals surface area contributed by atoms with Crippen LogP contribution in [0.1, 0.15) is 46.5 Å². The topological polar surface area (TPSA) is 55.4 Å². The Kier molecular flexibility index (Phi) is 11.3. The number of esters is 1. The van der Waals surface area contributed by atoms with Gasteiger partial charge in [-0.1, -0.05) is 63.4 Å². The Labute approximate surface area is 150 Å².